The van der Waals surface area contributed by atoms with Gasteiger partial charge in [-0.3, -0.25) is 9.59 Å². The molecule has 4 heteroatoms. The number of carbonyl (C=O) groups excluding carboxylic acids is 2. The molecule has 0 saturated heterocycles. The molecule has 0 amide bonds. The first-order chi connectivity index (χ1) is 9.81. The van der Waals surface area contributed by atoms with Crippen LogP contribution < -0.4 is 0 Å². The summed E-state index contributed by atoms with van der Waals surface area (Å²) in [5.74, 6) is -0.375. The third-order valence-electron chi connectivity index (χ3n) is 3.85. The Labute approximate surface area is 129 Å². The van der Waals surface area contributed by atoms with Crippen molar-refractivity contribution in [2.75, 3.05) is 13.2 Å². The second-order valence-corrected chi connectivity index (χ2v) is 6.41. The van der Waals surface area contributed by atoms with Crippen molar-refractivity contribution in [1.29, 1.82) is 0 Å². The molecule has 0 heterocycles. The van der Waals surface area contributed by atoms with Crippen molar-refractivity contribution in [3.63, 3.8) is 0 Å². The number of ether oxygens (including phenoxy) is 2. The molecule has 0 fully saturated rings. The lowest BCUT2D eigenvalue weighted by atomic mass is 9.95. The largest absolute Gasteiger partial charge is 0.465 e. The Kier molecular flexibility index (Phi) is 9.31. The van der Waals surface area contributed by atoms with Crippen molar-refractivity contribution in [1.82, 2.24) is 0 Å². The molecule has 21 heavy (non-hydrogen) atoms. The summed E-state index contributed by atoms with van der Waals surface area (Å²) in [7, 11) is 0. The van der Waals surface area contributed by atoms with Gasteiger partial charge in [0.1, 0.15) is 0 Å². The monoisotopic (exact) mass is 300 g/mol. The second-order valence-electron chi connectivity index (χ2n) is 6.41. The fraction of sp³-hybridized carbons (Fsp3) is 0.882. The minimum Gasteiger partial charge on any atom is -0.465 e. The van der Waals surface area contributed by atoms with E-state index in [-0.39, 0.29) is 42.4 Å². The van der Waals surface area contributed by atoms with Crippen molar-refractivity contribution < 1.29 is 19.1 Å². The minimum atomic E-state index is -0.358. The van der Waals surface area contributed by atoms with Gasteiger partial charge < -0.3 is 9.47 Å². The molecule has 0 rings (SSSR count). The first-order valence-electron chi connectivity index (χ1n) is 8.14. The van der Waals surface area contributed by atoms with Crippen LogP contribution >= 0.6 is 0 Å². The average Bonchev–Trinajstić information content (AvgIpc) is 2.46. The van der Waals surface area contributed by atoms with E-state index in [4.69, 9.17) is 9.47 Å². The minimum absolute atomic E-state index is 0.0343. The van der Waals surface area contributed by atoms with Crippen LogP contribution in [-0.4, -0.2) is 25.2 Å². The van der Waals surface area contributed by atoms with E-state index in [0.717, 1.165) is 25.7 Å². The van der Waals surface area contributed by atoms with Crippen LogP contribution in [0, 0.1) is 17.3 Å². The summed E-state index contributed by atoms with van der Waals surface area (Å²) in [5.41, 5.74) is -0.358. The number of hydrogen-bond donors (Lipinski definition) is 0. The maximum atomic E-state index is 11.9. The third-order valence-corrected chi connectivity index (χ3v) is 3.85. The molecule has 0 aliphatic rings. The summed E-state index contributed by atoms with van der Waals surface area (Å²) in [6.45, 7) is 12.4. The molecule has 4 nitrogen and oxygen atoms in total. The maximum absolute atomic E-state index is 11.9. The van der Waals surface area contributed by atoms with Gasteiger partial charge in [0.15, 0.2) is 0 Å². The number of esters is 2. The van der Waals surface area contributed by atoms with E-state index in [1.807, 2.05) is 41.5 Å². The predicted molar refractivity (Wildman–Crippen MR) is 83.8 cm³/mol. The Hall–Kier alpha value is -1.06. The first kappa shape index (κ1) is 19.9. The van der Waals surface area contributed by atoms with Crippen LogP contribution in [0.3, 0.4) is 0 Å². The van der Waals surface area contributed by atoms with Crippen LogP contribution in [0.4, 0.5) is 0 Å². The number of hydrogen-bond acceptors (Lipinski definition) is 4. The molecule has 0 radical (unpaired) electrons. The molecular formula is C17H32O4. The van der Waals surface area contributed by atoms with E-state index in [9.17, 15) is 9.59 Å². The van der Waals surface area contributed by atoms with Crippen LogP contribution in [0.15, 0.2) is 0 Å². The number of rotatable bonds is 10. The van der Waals surface area contributed by atoms with Gasteiger partial charge in [-0.1, -0.05) is 41.5 Å². The van der Waals surface area contributed by atoms with Crippen LogP contribution in [0.2, 0.25) is 0 Å². The molecule has 0 aromatic rings. The smallest absolute Gasteiger partial charge is 0.308 e. The van der Waals surface area contributed by atoms with Crippen LogP contribution in [-0.2, 0) is 19.1 Å². The van der Waals surface area contributed by atoms with Gasteiger partial charge in [0, 0.05) is 5.41 Å². The van der Waals surface area contributed by atoms with Gasteiger partial charge in [0.05, 0.1) is 25.0 Å². The normalized spacial score (nSPS) is 11.8. The molecule has 0 aromatic carbocycles. The molecule has 0 aliphatic heterocycles. The Morgan fingerprint density at radius 1 is 0.762 bits per heavy atom. The molecule has 0 bridgehead atoms. The first-order valence-corrected chi connectivity index (χ1v) is 8.14. The second kappa shape index (κ2) is 9.80. The van der Waals surface area contributed by atoms with Gasteiger partial charge in [-0.25, -0.2) is 0 Å². The zero-order valence-corrected chi connectivity index (χ0v) is 14.5. The zero-order chi connectivity index (χ0) is 16.5. The maximum Gasteiger partial charge on any atom is 0.308 e. The van der Waals surface area contributed by atoms with Crippen LogP contribution in [0.1, 0.15) is 67.2 Å². The SMILES string of the molecule is CCC(CC)C(=O)OCC(C)(C)COC(=O)C(CC)CC. The lowest BCUT2D eigenvalue weighted by Crippen LogP contribution is -2.31. The Morgan fingerprint density at radius 3 is 1.29 bits per heavy atom. The van der Waals surface area contributed by atoms with Gasteiger partial charge in [0.25, 0.3) is 0 Å². The molecule has 0 spiro atoms. The fourth-order valence-electron chi connectivity index (χ4n) is 2.05. The van der Waals surface area contributed by atoms with Gasteiger partial charge in [-0.05, 0) is 25.7 Å². The average molecular weight is 300 g/mol. The molecular weight excluding hydrogens is 268 g/mol. The summed E-state index contributed by atoms with van der Waals surface area (Å²) < 4.78 is 10.7. The lowest BCUT2D eigenvalue weighted by Gasteiger charge is -2.25. The van der Waals surface area contributed by atoms with Gasteiger partial charge in [-0.2, -0.15) is 0 Å². The summed E-state index contributed by atoms with van der Waals surface area (Å²) in [6.07, 6.45) is 3.16. The summed E-state index contributed by atoms with van der Waals surface area (Å²) in [4.78, 5) is 23.7. The Bertz CT molecular complexity index is 285. The van der Waals surface area contributed by atoms with Gasteiger partial charge in [-0.15, -0.1) is 0 Å². The quantitative estimate of drug-likeness (QED) is 0.573. The molecule has 124 valence electrons. The molecule has 0 atom stereocenters. The van der Waals surface area contributed by atoms with E-state index < -0.39 is 0 Å². The summed E-state index contributed by atoms with van der Waals surface area (Å²) in [6, 6.07) is 0. The van der Waals surface area contributed by atoms with Gasteiger partial charge >= 0.3 is 11.9 Å². The van der Waals surface area contributed by atoms with Crippen LogP contribution in [0.25, 0.3) is 0 Å². The molecule has 0 unspecified atom stereocenters. The highest BCUT2D eigenvalue weighted by Gasteiger charge is 2.26. The van der Waals surface area contributed by atoms with E-state index in [0.29, 0.717) is 0 Å². The predicted octanol–water partition coefficient (Wildman–Crippen LogP) is 3.97. The zero-order valence-electron chi connectivity index (χ0n) is 14.5. The van der Waals surface area contributed by atoms with Crippen LogP contribution in [0.5, 0.6) is 0 Å². The van der Waals surface area contributed by atoms with Crippen molar-refractivity contribution in [2.24, 2.45) is 17.3 Å². The summed E-state index contributed by atoms with van der Waals surface area (Å²) in [5, 5.41) is 0. The molecule has 0 aromatic heterocycles. The third kappa shape index (κ3) is 7.49. The van der Waals surface area contributed by atoms with Crippen molar-refractivity contribution in [3.05, 3.63) is 0 Å². The molecule has 0 N–H and O–H groups in total. The van der Waals surface area contributed by atoms with Crippen molar-refractivity contribution in [2.45, 2.75) is 67.2 Å². The number of carbonyl (C=O) groups is 2. The molecule has 0 aliphatic carbocycles. The highest BCUT2D eigenvalue weighted by molar-refractivity contribution is 5.72. The summed E-state index contributed by atoms with van der Waals surface area (Å²) >= 11 is 0. The lowest BCUT2D eigenvalue weighted by molar-refractivity contribution is -0.158. The highest BCUT2D eigenvalue weighted by atomic mass is 16.5. The van der Waals surface area contributed by atoms with E-state index in [1.54, 1.807) is 0 Å². The van der Waals surface area contributed by atoms with Crippen molar-refractivity contribution in [3.8, 4) is 0 Å². The van der Waals surface area contributed by atoms with E-state index in [1.165, 1.54) is 0 Å². The Morgan fingerprint density at radius 2 is 1.05 bits per heavy atom. The van der Waals surface area contributed by atoms with E-state index in [2.05, 4.69) is 0 Å². The van der Waals surface area contributed by atoms with Gasteiger partial charge in [0.2, 0.25) is 0 Å². The Balaban J connectivity index is 4.25. The van der Waals surface area contributed by atoms with Crippen molar-refractivity contribution >= 4 is 11.9 Å². The molecule has 0 saturated carbocycles. The van der Waals surface area contributed by atoms with E-state index >= 15 is 0 Å². The standard InChI is InChI=1S/C17H32O4/c1-7-13(8-2)15(18)20-11-17(5,6)12-21-16(19)14(9-3)10-4/h13-14H,7-12H2,1-6H3. The fourth-order valence-corrected chi connectivity index (χ4v) is 2.05. The topological polar surface area (TPSA) is 52.6 Å². The highest BCUT2D eigenvalue weighted by Crippen LogP contribution is 2.20.